The molecule has 0 spiro atoms. The number of carboxylic acid groups (broad SMARTS) is 3. The Morgan fingerprint density at radius 2 is 1.27 bits per heavy atom. The van der Waals surface area contributed by atoms with Gasteiger partial charge >= 0.3 is 23.3 Å². The van der Waals surface area contributed by atoms with Crippen molar-refractivity contribution in [2.45, 2.75) is 47.5 Å². The fraction of sp³-hybridized carbons (Fsp3) is 0.273. The number of aliphatic carboxylic acids is 3. The first-order valence-electron chi connectivity index (χ1n) is 14.1. The van der Waals surface area contributed by atoms with Crippen LogP contribution in [0.5, 0.6) is 0 Å². The average Bonchev–Trinajstić information content (AvgIpc) is 3.25. The first kappa shape index (κ1) is 43.6. The number of carbonyl (C=O) groups is 4. The van der Waals surface area contributed by atoms with Gasteiger partial charge < -0.3 is 15.3 Å². The summed E-state index contributed by atoms with van der Waals surface area (Å²) in [6.07, 6.45) is 0.861. The molecule has 0 radical (unpaired) electrons. The lowest BCUT2D eigenvalue weighted by atomic mass is 9.83. The third-order valence-electron chi connectivity index (χ3n) is 7.05. The number of rotatable bonds is 4. The number of halogens is 5. The molecule has 8 nitrogen and oxygen atoms in total. The average molecular weight is 795 g/mol. The summed E-state index contributed by atoms with van der Waals surface area (Å²) in [5.74, 6) is -3.02. The van der Waals surface area contributed by atoms with Gasteiger partial charge in [-0.15, -0.1) is 0 Å². The molecule has 0 amide bonds. The number of aryl methyl sites for hydroxylation is 2. The van der Waals surface area contributed by atoms with Crippen molar-refractivity contribution in [1.29, 1.82) is 0 Å². The minimum Gasteiger partial charge on any atom is -0.481 e. The summed E-state index contributed by atoms with van der Waals surface area (Å²) in [4.78, 5) is 43.5. The van der Waals surface area contributed by atoms with Crippen molar-refractivity contribution in [3.63, 3.8) is 0 Å². The highest BCUT2D eigenvalue weighted by molar-refractivity contribution is 8.26. The monoisotopic (exact) mass is 792 g/mol. The fourth-order valence-corrected chi connectivity index (χ4v) is 4.79. The molecule has 0 heterocycles. The van der Waals surface area contributed by atoms with E-state index in [9.17, 15) is 14.4 Å². The number of benzene rings is 4. The van der Waals surface area contributed by atoms with Gasteiger partial charge in [0, 0.05) is 39.8 Å². The van der Waals surface area contributed by atoms with Crippen molar-refractivity contribution in [2.24, 2.45) is 11.3 Å². The van der Waals surface area contributed by atoms with Gasteiger partial charge in [-0.05, 0) is 66.3 Å². The van der Waals surface area contributed by atoms with Gasteiger partial charge in [0.2, 0.25) is 9.23 Å². The van der Waals surface area contributed by atoms with Crippen LogP contribution in [0.4, 0.5) is 0 Å². The van der Waals surface area contributed by atoms with Crippen molar-refractivity contribution < 1.29 is 38.7 Å². The highest BCUT2D eigenvalue weighted by Crippen LogP contribution is 2.33. The maximum absolute atomic E-state index is 12.1. The predicted molar refractivity (Wildman–Crippen MR) is 198 cm³/mol. The lowest BCUT2D eigenvalue weighted by Gasteiger charge is -2.19. The van der Waals surface area contributed by atoms with Gasteiger partial charge in [0.15, 0.2) is 11.2 Å². The molecule has 1 atom stereocenters. The molecule has 5 rings (SSSR count). The SMILES string of the molecule is CC(=O)O.Cc1ccc2ccc(CC(C)(C(=O)O)C(=O)O)cc2c1.Cc1ccc2ccc3c(c2c1)C(=O)C(C)C3.O=S(Cl)Cl.[Cl][Al]([Cl])[Cl]. The Hall–Kier alpha value is -2.39. The van der Waals surface area contributed by atoms with Crippen LogP contribution in [0, 0.1) is 25.2 Å². The number of hydrogen-bond donors (Lipinski definition) is 3. The van der Waals surface area contributed by atoms with Gasteiger partial charge in [-0.3, -0.25) is 19.2 Å². The molecule has 4 aromatic rings. The van der Waals surface area contributed by atoms with E-state index in [0.717, 1.165) is 40.6 Å². The highest BCUT2D eigenvalue weighted by Gasteiger charge is 2.41. The normalized spacial score (nSPS) is 13.0. The van der Waals surface area contributed by atoms with E-state index < -0.39 is 43.9 Å². The van der Waals surface area contributed by atoms with Crippen LogP contribution in [-0.2, 0) is 36.5 Å². The van der Waals surface area contributed by atoms with Crippen LogP contribution >= 0.6 is 51.5 Å². The molecule has 0 aromatic heterocycles. The maximum atomic E-state index is 12.1. The van der Waals surface area contributed by atoms with Crippen molar-refractivity contribution in [2.75, 3.05) is 0 Å². The van der Waals surface area contributed by atoms with E-state index >= 15 is 0 Å². The van der Waals surface area contributed by atoms with E-state index in [1.807, 2.05) is 44.2 Å². The summed E-state index contributed by atoms with van der Waals surface area (Å²) in [7, 11) is 22.2. The first-order chi connectivity index (χ1) is 22.2. The predicted octanol–water partition coefficient (Wildman–Crippen LogP) is 9.21. The molecule has 0 saturated carbocycles. The number of fused-ring (bicyclic) bond motifs is 4. The van der Waals surface area contributed by atoms with Gasteiger partial charge in [0.05, 0.1) is 0 Å². The second-order valence-electron chi connectivity index (χ2n) is 11.0. The molecule has 0 bridgehead atoms. The van der Waals surface area contributed by atoms with Crippen LogP contribution in [-0.4, -0.2) is 54.6 Å². The zero-order valence-corrected chi connectivity index (χ0v) is 32.4. The topological polar surface area (TPSA) is 146 Å². The summed E-state index contributed by atoms with van der Waals surface area (Å²) < 4.78 is 9.09. The smallest absolute Gasteiger partial charge is 0.481 e. The second kappa shape index (κ2) is 20.3. The van der Waals surface area contributed by atoms with Crippen LogP contribution in [0.25, 0.3) is 21.5 Å². The summed E-state index contributed by atoms with van der Waals surface area (Å²) >= 11 is -1.72. The van der Waals surface area contributed by atoms with Gasteiger partial charge in [0.1, 0.15) is 0 Å². The molecule has 1 unspecified atom stereocenters. The molecule has 48 heavy (non-hydrogen) atoms. The molecule has 4 aromatic carbocycles. The minimum absolute atomic E-state index is 0.0401. The molecule has 1 aliphatic carbocycles. The molecule has 0 fully saturated rings. The van der Waals surface area contributed by atoms with Gasteiger partial charge in [-0.2, -0.15) is 0 Å². The third-order valence-corrected chi connectivity index (χ3v) is 7.05. The van der Waals surface area contributed by atoms with Crippen LogP contribution in [0.15, 0.2) is 66.7 Å². The van der Waals surface area contributed by atoms with Crippen molar-refractivity contribution in [3.8, 4) is 0 Å². The Kier molecular flexibility index (Phi) is 18.5. The number of carboxylic acids is 3. The van der Waals surface area contributed by atoms with E-state index in [1.165, 1.54) is 23.4 Å². The summed E-state index contributed by atoms with van der Waals surface area (Å²) in [6, 6.07) is 22.1. The molecule has 1 aliphatic rings. The number of hydrogen-bond acceptors (Lipinski definition) is 5. The largest absolute Gasteiger partial charge is 0.643 e. The highest BCUT2D eigenvalue weighted by atomic mass is 36.0. The van der Waals surface area contributed by atoms with Crippen LogP contribution in [0.1, 0.15) is 53.4 Å². The van der Waals surface area contributed by atoms with Crippen LogP contribution in [0.2, 0.25) is 0 Å². The second-order valence-corrected chi connectivity index (χ2v) is 20.0. The van der Waals surface area contributed by atoms with Crippen LogP contribution in [0.3, 0.4) is 0 Å². The fourth-order valence-electron chi connectivity index (χ4n) is 4.79. The van der Waals surface area contributed by atoms with Gasteiger partial charge in [-0.1, -0.05) is 84.8 Å². The zero-order valence-electron chi connectivity index (χ0n) is 26.6. The number of carbonyl (C=O) groups excluding carboxylic acids is 1. The Morgan fingerprint density at radius 3 is 1.77 bits per heavy atom. The minimum atomic E-state index is -1.81. The molecule has 15 heteroatoms. The zero-order chi connectivity index (χ0) is 36.9. The van der Waals surface area contributed by atoms with E-state index in [-0.39, 0.29) is 12.3 Å². The molecule has 0 saturated heterocycles. The Morgan fingerprint density at radius 1 is 0.833 bits per heavy atom. The van der Waals surface area contributed by atoms with Gasteiger partial charge in [-0.25, -0.2) is 34.4 Å². The van der Waals surface area contributed by atoms with Crippen molar-refractivity contribution in [1.82, 2.24) is 0 Å². The van der Waals surface area contributed by atoms with E-state index in [2.05, 4.69) is 58.6 Å². The first-order valence-corrected chi connectivity index (χ1v) is 22.1. The summed E-state index contributed by atoms with van der Waals surface area (Å²) in [5, 5.41) is 30.0. The third kappa shape index (κ3) is 14.2. The molecule has 3 N–H and O–H groups in total. The maximum Gasteiger partial charge on any atom is 0.643 e. The molecular weight excluding hydrogens is 761 g/mol. The number of ketones is 1. The van der Waals surface area contributed by atoms with E-state index in [0.29, 0.717) is 11.3 Å². The molecule has 258 valence electrons. The van der Waals surface area contributed by atoms with Crippen molar-refractivity contribution >= 4 is 117 Å². The quantitative estimate of drug-likeness (QED) is 0.105. The van der Waals surface area contributed by atoms with Crippen LogP contribution < -0.4 is 0 Å². The standard InChI is InChI=1S/C16H16O4.C15H14O.C2H4O2.Al.Cl2OS.3ClH/c1-10-3-5-12-6-4-11(8-13(12)7-10)9-16(2,14(17)18)15(19)20;1-9-3-4-11-5-6-12-8-10(2)15(16)14(12)13(11)7-9;1-2(3)4;;1-4(2)3;;;/h3-8H,9H2,1-2H3,(H,17,18)(H,19,20);3-7,10H,8H2,1-2H3;1H3,(H,3,4);;;3*1H/q;;;+3;;;;/p-3. The molecule has 0 aliphatic heterocycles. The van der Waals surface area contributed by atoms with E-state index in [1.54, 1.807) is 6.07 Å². The van der Waals surface area contributed by atoms with Crippen molar-refractivity contribution in [3.05, 3.63) is 94.5 Å². The Balaban J connectivity index is 0.000000364. The lowest BCUT2D eigenvalue weighted by Crippen LogP contribution is -2.38. The van der Waals surface area contributed by atoms with E-state index in [4.69, 9.17) is 54.5 Å². The lowest BCUT2D eigenvalue weighted by molar-refractivity contribution is -0.163. The Bertz CT molecular complexity index is 1760. The number of Topliss-reactive ketones (excluding diaryl/α,β-unsaturated/α-hetero) is 1. The Labute approximate surface area is 307 Å². The summed E-state index contributed by atoms with van der Waals surface area (Å²) in [5.41, 5.74) is 3.40. The summed E-state index contributed by atoms with van der Waals surface area (Å²) in [6.45, 7) is 8.38. The van der Waals surface area contributed by atoms with Gasteiger partial charge in [0.25, 0.3) is 5.97 Å². The molecular formula is C33H34AlCl5O8S.